The van der Waals surface area contributed by atoms with E-state index in [0.717, 1.165) is 36.6 Å². The molecular formula is C18H22FN5. The van der Waals surface area contributed by atoms with Crippen LogP contribution in [0.4, 0.5) is 16.2 Å². The molecule has 2 fully saturated rings. The molecule has 0 spiro atoms. The van der Waals surface area contributed by atoms with Gasteiger partial charge in [0.1, 0.15) is 11.6 Å². The first kappa shape index (κ1) is 15.3. The predicted octanol–water partition coefficient (Wildman–Crippen LogP) is 2.36. The van der Waals surface area contributed by atoms with Crippen LogP contribution in [0.2, 0.25) is 0 Å². The zero-order valence-corrected chi connectivity index (χ0v) is 13.8. The molecular weight excluding hydrogens is 305 g/mol. The second kappa shape index (κ2) is 6.02. The number of hydrogen-bond acceptors (Lipinski definition) is 5. The van der Waals surface area contributed by atoms with Gasteiger partial charge in [-0.2, -0.15) is 4.98 Å². The third kappa shape index (κ3) is 2.71. The van der Waals surface area contributed by atoms with Gasteiger partial charge in [0.25, 0.3) is 0 Å². The summed E-state index contributed by atoms with van der Waals surface area (Å²) in [6.45, 7) is 5.00. The highest BCUT2D eigenvalue weighted by Gasteiger charge is 2.35. The maximum Gasteiger partial charge on any atom is 0.222 e. The van der Waals surface area contributed by atoms with Crippen LogP contribution in [0, 0.1) is 18.7 Å². The van der Waals surface area contributed by atoms with Crippen LogP contribution in [0.1, 0.15) is 18.4 Å². The maximum absolute atomic E-state index is 13.6. The van der Waals surface area contributed by atoms with Gasteiger partial charge in [0, 0.05) is 30.3 Å². The molecule has 24 heavy (non-hydrogen) atoms. The van der Waals surface area contributed by atoms with E-state index in [9.17, 15) is 4.39 Å². The molecule has 6 heteroatoms. The van der Waals surface area contributed by atoms with Crippen LogP contribution >= 0.6 is 0 Å². The zero-order valence-electron chi connectivity index (χ0n) is 13.8. The van der Waals surface area contributed by atoms with Crippen molar-refractivity contribution in [2.45, 2.75) is 25.8 Å². The molecule has 0 radical (unpaired) electrons. The van der Waals surface area contributed by atoms with Gasteiger partial charge in [-0.1, -0.05) is 12.1 Å². The van der Waals surface area contributed by atoms with E-state index in [1.165, 1.54) is 25.0 Å². The topological polar surface area (TPSA) is 67.1 Å². The first-order valence-corrected chi connectivity index (χ1v) is 8.50. The van der Waals surface area contributed by atoms with E-state index in [2.05, 4.69) is 20.2 Å². The number of nitrogens with one attached hydrogen (secondary N) is 1. The molecule has 3 heterocycles. The van der Waals surface area contributed by atoms with Gasteiger partial charge in [-0.3, -0.25) is 0 Å². The van der Waals surface area contributed by atoms with Crippen LogP contribution < -0.4 is 16.0 Å². The third-order valence-electron chi connectivity index (χ3n) is 5.13. The fourth-order valence-corrected chi connectivity index (χ4v) is 3.97. The smallest absolute Gasteiger partial charge is 0.222 e. The van der Waals surface area contributed by atoms with Crippen LogP contribution in [0.3, 0.4) is 0 Å². The molecule has 0 unspecified atom stereocenters. The highest BCUT2D eigenvalue weighted by Crippen LogP contribution is 2.33. The molecule has 0 bridgehead atoms. The molecule has 2 aliphatic rings. The molecule has 0 saturated carbocycles. The molecule has 0 amide bonds. The largest absolute Gasteiger partial charge is 0.368 e. The summed E-state index contributed by atoms with van der Waals surface area (Å²) in [4.78, 5) is 11.2. The van der Waals surface area contributed by atoms with Crippen molar-refractivity contribution in [2.75, 3.05) is 30.3 Å². The SMILES string of the molecule is Cc1c(-c2cccc(F)c2)nc(N)nc1N1C[C@H]2CCCN[C@H]2C1. The summed E-state index contributed by atoms with van der Waals surface area (Å²) in [6.07, 6.45) is 2.49. The molecule has 2 aromatic rings. The third-order valence-corrected chi connectivity index (χ3v) is 5.13. The van der Waals surface area contributed by atoms with Gasteiger partial charge in [0.15, 0.2) is 0 Å². The summed E-state index contributed by atoms with van der Waals surface area (Å²) in [5.41, 5.74) is 8.35. The molecule has 2 atom stereocenters. The fraction of sp³-hybridized carbons (Fsp3) is 0.444. The lowest BCUT2D eigenvalue weighted by Crippen LogP contribution is -2.40. The normalized spacial score (nSPS) is 23.3. The number of nitrogens with zero attached hydrogens (tertiary/aromatic N) is 3. The Balaban J connectivity index is 1.72. The monoisotopic (exact) mass is 327 g/mol. The molecule has 0 aliphatic carbocycles. The number of rotatable bonds is 2. The van der Waals surface area contributed by atoms with E-state index in [1.54, 1.807) is 6.07 Å². The molecule has 1 aromatic carbocycles. The van der Waals surface area contributed by atoms with E-state index < -0.39 is 0 Å². The van der Waals surface area contributed by atoms with Crippen LogP contribution in [-0.2, 0) is 0 Å². The average Bonchev–Trinajstić information content (AvgIpc) is 3.00. The number of halogens is 1. The van der Waals surface area contributed by atoms with Crippen molar-refractivity contribution >= 4 is 11.8 Å². The minimum Gasteiger partial charge on any atom is -0.368 e. The van der Waals surface area contributed by atoms with Crippen molar-refractivity contribution in [3.8, 4) is 11.3 Å². The first-order chi connectivity index (χ1) is 11.6. The van der Waals surface area contributed by atoms with Crippen LogP contribution in [0.5, 0.6) is 0 Å². The Hall–Kier alpha value is -2.21. The lowest BCUT2D eigenvalue weighted by Gasteiger charge is -2.24. The average molecular weight is 327 g/mol. The zero-order chi connectivity index (χ0) is 16.7. The van der Waals surface area contributed by atoms with Gasteiger partial charge in [0.2, 0.25) is 5.95 Å². The number of nitrogens with two attached hydrogens (primary N) is 1. The second-order valence-electron chi connectivity index (χ2n) is 6.76. The van der Waals surface area contributed by atoms with Crippen molar-refractivity contribution in [1.29, 1.82) is 0 Å². The highest BCUT2D eigenvalue weighted by atomic mass is 19.1. The highest BCUT2D eigenvalue weighted by molar-refractivity contribution is 5.70. The van der Waals surface area contributed by atoms with E-state index >= 15 is 0 Å². The van der Waals surface area contributed by atoms with E-state index in [4.69, 9.17) is 5.73 Å². The van der Waals surface area contributed by atoms with Crippen molar-refractivity contribution in [3.05, 3.63) is 35.6 Å². The number of hydrogen-bond donors (Lipinski definition) is 2. The van der Waals surface area contributed by atoms with Gasteiger partial charge in [-0.05, 0) is 44.4 Å². The van der Waals surface area contributed by atoms with E-state index in [0.29, 0.717) is 17.7 Å². The molecule has 2 aliphatic heterocycles. The molecule has 1 aromatic heterocycles. The predicted molar refractivity (Wildman–Crippen MR) is 93.3 cm³/mol. The van der Waals surface area contributed by atoms with Crippen molar-refractivity contribution in [1.82, 2.24) is 15.3 Å². The Bertz CT molecular complexity index is 749. The molecule has 126 valence electrons. The number of anilines is 2. The second-order valence-corrected chi connectivity index (χ2v) is 6.76. The summed E-state index contributed by atoms with van der Waals surface area (Å²) in [5, 5.41) is 3.60. The first-order valence-electron chi connectivity index (χ1n) is 8.50. The molecule has 2 saturated heterocycles. The maximum atomic E-state index is 13.6. The number of nitrogen functional groups attached to an aromatic ring is 1. The number of piperidine rings is 1. The lowest BCUT2D eigenvalue weighted by atomic mass is 9.94. The fourth-order valence-electron chi connectivity index (χ4n) is 3.97. The van der Waals surface area contributed by atoms with Crippen LogP contribution in [-0.4, -0.2) is 35.6 Å². The number of fused-ring (bicyclic) bond motifs is 1. The number of aromatic nitrogens is 2. The molecule has 3 N–H and O–H groups in total. The molecule has 4 rings (SSSR count). The summed E-state index contributed by atoms with van der Waals surface area (Å²) in [5.74, 6) is 1.49. The van der Waals surface area contributed by atoms with Crippen molar-refractivity contribution in [2.24, 2.45) is 5.92 Å². The minimum atomic E-state index is -0.276. The quantitative estimate of drug-likeness (QED) is 0.886. The Kier molecular flexibility index (Phi) is 3.84. The van der Waals surface area contributed by atoms with Crippen molar-refractivity contribution in [3.63, 3.8) is 0 Å². The summed E-state index contributed by atoms with van der Waals surface area (Å²) in [7, 11) is 0. The summed E-state index contributed by atoms with van der Waals surface area (Å²) < 4.78 is 13.6. The Morgan fingerprint density at radius 1 is 1.29 bits per heavy atom. The number of benzene rings is 1. The van der Waals surface area contributed by atoms with Gasteiger partial charge >= 0.3 is 0 Å². The standard InChI is InChI=1S/C18H22FN5/c1-11-16(12-4-2-6-14(19)8-12)22-18(20)23-17(11)24-9-13-5-3-7-21-15(13)10-24/h2,4,6,8,13,15,21H,3,5,7,9-10H2,1H3,(H2,20,22,23)/t13-,15+/m1/s1. The van der Waals surface area contributed by atoms with Crippen LogP contribution in [0.25, 0.3) is 11.3 Å². The molecule has 5 nitrogen and oxygen atoms in total. The van der Waals surface area contributed by atoms with Gasteiger partial charge < -0.3 is 16.0 Å². The Labute approximate surface area is 141 Å². The van der Waals surface area contributed by atoms with Crippen molar-refractivity contribution < 1.29 is 4.39 Å². The Morgan fingerprint density at radius 3 is 2.96 bits per heavy atom. The minimum absolute atomic E-state index is 0.234. The van der Waals surface area contributed by atoms with Gasteiger partial charge in [0.05, 0.1) is 5.69 Å². The summed E-state index contributed by atoms with van der Waals surface area (Å²) in [6, 6.07) is 6.99. The van der Waals surface area contributed by atoms with E-state index in [1.807, 2.05) is 13.0 Å². The van der Waals surface area contributed by atoms with E-state index in [-0.39, 0.29) is 11.8 Å². The Morgan fingerprint density at radius 2 is 2.17 bits per heavy atom. The van der Waals surface area contributed by atoms with Crippen LogP contribution in [0.15, 0.2) is 24.3 Å². The van der Waals surface area contributed by atoms with Gasteiger partial charge in [-0.15, -0.1) is 0 Å². The van der Waals surface area contributed by atoms with Gasteiger partial charge in [-0.25, -0.2) is 9.37 Å². The lowest BCUT2D eigenvalue weighted by molar-refractivity contribution is 0.340. The summed E-state index contributed by atoms with van der Waals surface area (Å²) >= 11 is 0.